The maximum atomic E-state index is 13.5. The van der Waals surface area contributed by atoms with Gasteiger partial charge in [0.25, 0.3) is 5.91 Å². The quantitative estimate of drug-likeness (QED) is 0.802. The van der Waals surface area contributed by atoms with Crippen molar-refractivity contribution >= 4 is 11.8 Å². The fourth-order valence-corrected chi connectivity index (χ4v) is 4.38. The van der Waals surface area contributed by atoms with E-state index >= 15 is 0 Å². The zero-order valence-electron chi connectivity index (χ0n) is 15.9. The summed E-state index contributed by atoms with van der Waals surface area (Å²) in [6.45, 7) is 0.500. The van der Waals surface area contributed by atoms with Crippen LogP contribution >= 0.6 is 0 Å². The van der Waals surface area contributed by atoms with Gasteiger partial charge in [-0.2, -0.15) is 0 Å². The first-order valence-corrected chi connectivity index (χ1v) is 10.0. The summed E-state index contributed by atoms with van der Waals surface area (Å²) < 4.78 is 13.5. The second-order valence-electron chi connectivity index (χ2n) is 7.72. The molecule has 2 fully saturated rings. The van der Waals surface area contributed by atoms with Crippen molar-refractivity contribution in [3.63, 3.8) is 0 Å². The average molecular weight is 380 g/mol. The zero-order chi connectivity index (χ0) is 19.5. The molecule has 0 N–H and O–H groups in total. The summed E-state index contributed by atoms with van der Waals surface area (Å²) in [6.07, 6.45) is 5.28. The van der Waals surface area contributed by atoms with E-state index in [1.165, 1.54) is 18.6 Å². The summed E-state index contributed by atoms with van der Waals surface area (Å²) in [5, 5.41) is 0. The molecule has 2 aliphatic rings. The molecule has 4 rings (SSSR count). The van der Waals surface area contributed by atoms with Crippen LogP contribution in [0.25, 0.3) is 0 Å². The number of benzene rings is 2. The van der Waals surface area contributed by atoms with E-state index in [2.05, 4.69) is 0 Å². The standard InChI is InChI=1S/C23H25FN2O2/c24-19-13-11-18(12-14-19)22-23(28)25(20-9-5-2-6-10-20)16-21(27)26(22)15-17-7-3-1-4-8-17/h1,3-4,7-8,11-14,20,22H,2,5-6,9-10,15-16H2. The molecule has 2 amide bonds. The van der Waals surface area contributed by atoms with E-state index in [0.29, 0.717) is 12.1 Å². The Morgan fingerprint density at radius 3 is 2.25 bits per heavy atom. The Labute approximate surface area is 164 Å². The van der Waals surface area contributed by atoms with E-state index < -0.39 is 6.04 Å². The highest BCUT2D eigenvalue weighted by molar-refractivity contribution is 5.95. The summed E-state index contributed by atoms with van der Waals surface area (Å²) in [5.41, 5.74) is 1.64. The third-order valence-electron chi connectivity index (χ3n) is 5.85. The van der Waals surface area contributed by atoms with E-state index in [-0.39, 0.29) is 30.2 Å². The predicted octanol–water partition coefficient (Wildman–Crippen LogP) is 4.07. The Morgan fingerprint density at radius 1 is 0.893 bits per heavy atom. The molecule has 2 aromatic rings. The van der Waals surface area contributed by atoms with E-state index in [1.54, 1.807) is 21.9 Å². The molecule has 1 unspecified atom stereocenters. The van der Waals surface area contributed by atoms with Crippen molar-refractivity contribution in [3.05, 3.63) is 71.5 Å². The predicted molar refractivity (Wildman–Crippen MR) is 105 cm³/mol. The van der Waals surface area contributed by atoms with Crippen LogP contribution in [-0.4, -0.2) is 34.2 Å². The third-order valence-corrected chi connectivity index (χ3v) is 5.85. The number of halogens is 1. The molecule has 1 saturated carbocycles. The number of nitrogens with zero attached hydrogens (tertiary/aromatic N) is 2. The lowest BCUT2D eigenvalue weighted by Gasteiger charge is -2.44. The van der Waals surface area contributed by atoms with Gasteiger partial charge in [-0.3, -0.25) is 9.59 Å². The number of carbonyl (C=O) groups excluding carboxylic acids is 2. The van der Waals surface area contributed by atoms with Crippen molar-refractivity contribution in [1.82, 2.24) is 9.80 Å². The largest absolute Gasteiger partial charge is 0.328 e. The molecule has 0 bridgehead atoms. The summed E-state index contributed by atoms with van der Waals surface area (Å²) in [5.74, 6) is -0.450. The molecular weight excluding hydrogens is 355 g/mol. The number of carbonyl (C=O) groups is 2. The SMILES string of the molecule is O=C1C(c2ccc(F)cc2)N(Cc2ccccc2)C(=O)CN1C1CCCCC1. The Balaban J connectivity index is 1.67. The van der Waals surface area contributed by atoms with Gasteiger partial charge >= 0.3 is 0 Å². The van der Waals surface area contributed by atoms with Gasteiger partial charge in [-0.15, -0.1) is 0 Å². The van der Waals surface area contributed by atoms with Crippen LogP contribution in [0.1, 0.15) is 49.3 Å². The van der Waals surface area contributed by atoms with Crippen molar-refractivity contribution < 1.29 is 14.0 Å². The van der Waals surface area contributed by atoms with Gasteiger partial charge < -0.3 is 9.80 Å². The number of piperazine rings is 1. The van der Waals surface area contributed by atoms with Crippen LogP contribution < -0.4 is 0 Å². The van der Waals surface area contributed by atoms with Crippen LogP contribution in [0.4, 0.5) is 4.39 Å². The Morgan fingerprint density at radius 2 is 1.57 bits per heavy atom. The molecule has 0 aromatic heterocycles. The van der Waals surface area contributed by atoms with Gasteiger partial charge in [0.05, 0.1) is 0 Å². The Hall–Kier alpha value is -2.69. The van der Waals surface area contributed by atoms with Gasteiger partial charge in [0.2, 0.25) is 5.91 Å². The van der Waals surface area contributed by atoms with Gasteiger partial charge in [-0.05, 0) is 36.1 Å². The summed E-state index contributed by atoms with van der Waals surface area (Å²) in [6, 6.07) is 15.0. The molecule has 0 spiro atoms. The first kappa shape index (κ1) is 18.7. The maximum absolute atomic E-state index is 13.5. The van der Waals surface area contributed by atoms with Crippen LogP contribution in [0, 0.1) is 5.82 Å². The van der Waals surface area contributed by atoms with Crippen LogP contribution in [0.3, 0.4) is 0 Å². The van der Waals surface area contributed by atoms with E-state index in [1.807, 2.05) is 30.3 Å². The molecule has 1 aliphatic heterocycles. The van der Waals surface area contributed by atoms with Crippen LogP contribution in [0.5, 0.6) is 0 Å². The first-order chi connectivity index (χ1) is 13.6. The molecule has 2 aromatic carbocycles. The van der Waals surface area contributed by atoms with E-state index in [0.717, 1.165) is 31.2 Å². The normalized spacial score (nSPS) is 21.2. The maximum Gasteiger partial charge on any atom is 0.250 e. The highest BCUT2D eigenvalue weighted by Crippen LogP contribution is 2.33. The third kappa shape index (κ3) is 3.79. The smallest absolute Gasteiger partial charge is 0.250 e. The fourth-order valence-electron chi connectivity index (χ4n) is 4.38. The summed E-state index contributed by atoms with van der Waals surface area (Å²) in [7, 11) is 0. The van der Waals surface area contributed by atoms with E-state index in [4.69, 9.17) is 0 Å². The van der Waals surface area contributed by atoms with Gasteiger partial charge in [0.1, 0.15) is 18.4 Å². The number of hydrogen-bond acceptors (Lipinski definition) is 2. The topological polar surface area (TPSA) is 40.6 Å². The van der Waals surface area contributed by atoms with Crippen LogP contribution in [-0.2, 0) is 16.1 Å². The second-order valence-corrected chi connectivity index (χ2v) is 7.72. The lowest BCUT2D eigenvalue weighted by atomic mass is 9.91. The van der Waals surface area contributed by atoms with Gasteiger partial charge in [0.15, 0.2) is 0 Å². The zero-order valence-corrected chi connectivity index (χ0v) is 15.9. The van der Waals surface area contributed by atoms with Crippen molar-refractivity contribution in [3.8, 4) is 0 Å². The van der Waals surface area contributed by atoms with Gasteiger partial charge in [-0.25, -0.2) is 4.39 Å². The monoisotopic (exact) mass is 380 g/mol. The molecule has 5 heteroatoms. The molecule has 1 saturated heterocycles. The summed E-state index contributed by atoms with van der Waals surface area (Å²) >= 11 is 0. The Kier molecular flexibility index (Phi) is 5.42. The number of rotatable bonds is 4. The minimum atomic E-state index is -0.705. The molecule has 1 aliphatic carbocycles. The molecule has 4 nitrogen and oxygen atoms in total. The van der Waals surface area contributed by atoms with Crippen LogP contribution in [0.2, 0.25) is 0 Å². The van der Waals surface area contributed by atoms with Gasteiger partial charge in [0, 0.05) is 12.6 Å². The molecular formula is C23H25FN2O2. The fraction of sp³-hybridized carbons (Fsp3) is 0.391. The number of amides is 2. The van der Waals surface area contributed by atoms with Crippen molar-refractivity contribution in [2.45, 2.75) is 50.7 Å². The van der Waals surface area contributed by atoms with Crippen LogP contribution in [0.15, 0.2) is 54.6 Å². The lowest BCUT2D eigenvalue weighted by Crippen LogP contribution is -2.58. The van der Waals surface area contributed by atoms with E-state index in [9.17, 15) is 14.0 Å². The van der Waals surface area contributed by atoms with Crippen molar-refractivity contribution in [1.29, 1.82) is 0 Å². The summed E-state index contributed by atoms with van der Waals surface area (Å²) in [4.78, 5) is 30.0. The van der Waals surface area contributed by atoms with Gasteiger partial charge in [-0.1, -0.05) is 61.7 Å². The second kappa shape index (κ2) is 8.13. The molecule has 0 radical (unpaired) electrons. The first-order valence-electron chi connectivity index (χ1n) is 10.0. The molecule has 1 heterocycles. The average Bonchev–Trinajstić information content (AvgIpc) is 2.73. The minimum Gasteiger partial charge on any atom is -0.328 e. The number of hydrogen-bond donors (Lipinski definition) is 0. The minimum absolute atomic E-state index is 0.0472. The lowest BCUT2D eigenvalue weighted by molar-refractivity contribution is -0.160. The highest BCUT2D eigenvalue weighted by Gasteiger charge is 2.42. The van der Waals surface area contributed by atoms with Crippen molar-refractivity contribution in [2.24, 2.45) is 0 Å². The molecule has 146 valence electrons. The highest BCUT2D eigenvalue weighted by atomic mass is 19.1. The Bertz CT molecular complexity index is 831. The van der Waals surface area contributed by atoms with Crippen molar-refractivity contribution in [2.75, 3.05) is 6.54 Å². The molecule has 28 heavy (non-hydrogen) atoms. The molecule has 1 atom stereocenters.